The third-order valence-electron chi connectivity index (χ3n) is 22.2. The van der Waals surface area contributed by atoms with Crippen molar-refractivity contribution in [3.63, 3.8) is 0 Å². The van der Waals surface area contributed by atoms with E-state index in [1.54, 1.807) is 89.9 Å². The minimum atomic E-state index is 1.19. The first-order valence-electron chi connectivity index (χ1n) is 20.8. The maximum atomic E-state index is 1.70. The van der Waals surface area contributed by atoms with Crippen molar-refractivity contribution >= 4 is 0 Å². The van der Waals surface area contributed by atoms with Crippen LogP contribution in [-0.4, -0.2) is 0 Å². The molecule has 19 aliphatic carbocycles. The number of fused-ring (bicyclic) bond motifs is 16. The van der Waals surface area contributed by atoms with E-state index in [1.165, 1.54) is 166 Å². The fraction of sp³-hybridized carbons (Fsp3) is 1.00. The molecule has 0 heteroatoms. The highest BCUT2D eigenvalue weighted by Gasteiger charge is 2.88. The number of hydrogen-bond donors (Lipinski definition) is 0. The van der Waals surface area contributed by atoms with Gasteiger partial charge in [-0.05, 0) is 256 Å². The molecule has 0 aliphatic heterocycles. The highest BCUT2D eigenvalue weighted by atomic mass is 14.9. The standard InChI is InChI=1S/C14H16.2C14H20/c1-3-7-8(3)12-5(1)11(7)13-6-2-4-9(13)10(4)14(6)12;1-7-2-11-12-4-8-3-10(14(12)6-8)9(1)13(11)5-7;1-2-8-5-7(1)11-12(8)14-10-4-3-9(6-10)13(11)14/h3-14H,1-2H2;2*7-14H,1-6H2. The normalized spacial score (nSPS) is 80.0. The summed E-state index contributed by atoms with van der Waals surface area (Å²) in [6.07, 6.45) is 23.1. The summed E-state index contributed by atoms with van der Waals surface area (Å²) in [5.74, 6) is 35.2. The van der Waals surface area contributed by atoms with Crippen LogP contribution < -0.4 is 0 Å². The van der Waals surface area contributed by atoms with Crippen LogP contribution in [0.2, 0.25) is 0 Å². The molecule has 19 aliphatic rings. The molecule has 0 aromatic rings. The lowest BCUT2D eigenvalue weighted by atomic mass is 9.48. The number of hydrogen-bond acceptors (Lipinski definition) is 0. The molecule has 19 rings (SSSR count). The van der Waals surface area contributed by atoms with Gasteiger partial charge in [-0.15, -0.1) is 0 Å². The van der Waals surface area contributed by atoms with Gasteiger partial charge in [-0.1, -0.05) is 0 Å². The Labute approximate surface area is 255 Å². The largest absolute Gasteiger partial charge is 0.0499 e. The molecule has 42 heavy (non-hydrogen) atoms. The summed E-state index contributed by atoms with van der Waals surface area (Å²) in [5, 5.41) is 0. The van der Waals surface area contributed by atoms with E-state index < -0.39 is 0 Å². The summed E-state index contributed by atoms with van der Waals surface area (Å²) in [6.45, 7) is 0. The molecule has 0 aromatic carbocycles. The van der Waals surface area contributed by atoms with Crippen LogP contribution in [0.1, 0.15) is 89.9 Å². The van der Waals surface area contributed by atoms with Gasteiger partial charge in [0.1, 0.15) is 0 Å². The van der Waals surface area contributed by atoms with Gasteiger partial charge in [0.15, 0.2) is 0 Å². The fourth-order valence-corrected chi connectivity index (χ4v) is 22.5. The predicted molar refractivity (Wildman–Crippen MR) is 162 cm³/mol. The molecule has 0 saturated heterocycles. The van der Waals surface area contributed by atoms with Gasteiger partial charge in [0.2, 0.25) is 0 Å². The maximum absolute atomic E-state index is 1.70. The maximum Gasteiger partial charge on any atom is -0.0315 e. The van der Waals surface area contributed by atoms with E-state index in [1.807, 2.05) is 0 Å². The Morgan fingerprint density at radius 1 is 0.190 bits per heavy atom. The summed E-state index contributed by atoms with van der Waals surface area (Å²) in [4.78, 5) is 0. The van der Waals surface area contributed by atoms with Crippen molar-refractivity contribution in [2.24, 2.45) is 166 Å². The zero-order chi connectivity index (χ0) is 26.1. The molecular weight excluding hydrogens is 504 g/mol. The van der Waals surface area contributed by atoms with Crippen LogP contribution in [-0.2, 0) is 0 Å². The van der Waals surface area contributed by atoms with Crippen LogP contribution in [0.5, 0.6) is 0 Å². The lowest BCUT2D eigenvalue weighted by molar-refractivity contribution is -0.0918. The lowest BCUT2D eigenvalue weighted by Gasteiger charge is -2.57. The monoisotopic (exact) mass is 560 g/mol. The highest BCUT2D eigenvalue weighted by molar-refractivity contribution is 5.35. The van der Waals surface area contributed by atoms with Crippen molar-refractivity contribution in [3.8, 4) is 0 Å². The minimum Gasteiger partial charge on any atom is -0.0499 e. The van der Waals surface area contributed by atoms with E-state index in [-0.39, 0.29) is 0 Å². The van der Waals surface area contributed by atoms with Gasteiger partial charge in [0.25, 0.3) is 0 Å². The van der Waals surface area contributed by atoms with Gasteiger partial charge < -0.3 is 0 Å². The second-order valence-corrected chi connectivity index (χ2v) is 21.9. The Kier molecular flexibility index (Phi) is 3.66. The van der Waals surface area contributed by atoms with Crippen LogP contribution >= 0.6 is 0 Å². The molecule has 19 fully saturated rings. The van der Waals surface area contributed by atoms with Gasteiger partial charge in [-0.3, -0.25) is 0 Å². The highest BCUT2D eigenvalue weighted by Crippen LogP contribution is 2.92. The average Bonchev–Trinajstić information content (AvgIpc) is 3.78. The zero-order valence-electron chi connectivity index (χ0n) is 26.1. The molecule has 20 bridgehead atoms. The third-order valence-corrected chi connectivity index (χ3v) is 22.2. The lowest BCUT2D eigenvalue weighted by Crippen LogP contribution is -2.52. The SMILES string of the molecule is C1C2C3C2C2C1C3C1C3CC4C1C4C32.C1C2CC3C1C(C2)C1CC2CC1C3C2.C1CC2CC1C1C2C2C3CCC(C3)C12. The van der Waals surface area contributed by atoms with Gasteiger partial charge in [0, 0.05) is 0 Å². The van der Waals surface area contributed by atoms with Gasteiger partial charge in [-0.2, -0.15) is 0 Å². The molecule has 0 nitrogen and oxygen atoms in total. The summed E-state index contributed by atoms with van der Waals surface area (Å²) in [6, 6.07) is 0. The quantitative estimate of drug-likeness (QED) is 0.277. The van der Waals surface area contributed by atoms with Crippen molar-refractivity contribution in [2.45, 2.75) is 89.9 Å². The molecule has 19 saturated carbocycles. The Morgan fingerprint density at radius 2 is 0.429 bits per heavy atom. The summed E-state index contributed by atoms with van der Waals surface area (Å²) in [5.41, 5.74) is 0. The van der Waals surface area contributed by atoms with Crippen LogP contribution in [0.3, 0.4) is 0 Å². The first-order chi connectivity index (χ1) is 20.8. The Hall–Kier alpha value is 0. The Bertz CT molecular complexity index is 1100. The van der Waals surface area contributed by atoms with Crippen molar-refractivity contribution in [3.05, 3.63) is 0 Å². The van der Waals surface area contributed by atoms with E-state index in [0.29, 0.717) is 0 Å². The van der Waals surface area contributed by atoms with E-state index in [9.17, 15) is 0 Å². The first kappa shape index (κ1) is 22.5. The first-order valence-corrected chi connectivity index (χ1v) is 20.8. The van der Waals surface area contributed by atoms with Crippen LogP contribution in [0, 0.1) is 166 Å². The van der Waals surface area contributed by atoms with Crippen LogP contribution in [0.15, 0.2) is 0 Å². The second kappa shape index (κ2) is 6.83. The summed E-state index contributed by atoms with van der Waals surface area (Å²) < 4.78 is 0. The fourth-order valence-electron chi connectivity index (χ4n) is 22.5. The van der Waals surface area contributed by atoms with Gasteiger partial charge in [0.05, 0.1) is 0 Å². The predicted octanol–water partition coefficient (Wildman–Crippen LogP) is 8.91. The van der Waals surface area contributed by atoms with E-state index >= 15 is 0 Å². The molecule has 0 amide bonds. The molecule has 4 atom stereocenters. The van der Waals surface area contributed by atoms with Crippen molar-refractivity contribution in [2.75, 3.05) is 0 Å². The average molecular weight is 561 g/mol. The van der Waals surface area contributed by atoms with Crippen LogP contribution in [0.4, 0.5) is 0 Å². The van der Waals surface area contributed by atoms with Crippen LogP contribution in [0.25, 0.3) is 0 Å². The zero-order valence-corrected chi connectivity index (χ0v) is 26.1. The molecule has 224 valence electrons. The number of rotatable bonds is 0. The molecule has 0 heterocycles. The molecule has 4 unspecified atom stereocenters. The summed E-state index contributed by atoms with van der Waals surface area (Å²) in [7, 11) is 0. The molecule has 0 N–H and O–H groups in total. The minimum absolute atomic E-state index is 1.19. The third kappa shape index (κ3) is 2.21. The van der Waals surface area contributed by atoms with Crippen molar-refractivity contribution < 1.29 is 0 Å². The van der Waals surface area contributed by atoms with Gasteiger partial charge >= 0.3 is 0 Å². The Balaban J connectivity index is 0.0000000700. The second-order valence-electron chi connectivity index (χ2n) is 21.9. The molecular formula is C42H56. The van der Waals surface area contributed by atoms with E-state index in [4.69, 9.17) is 0 Å². The summed E-state index contributed by atoms with van der Waals surface area (Å²) >= 11 is 0. The molecule has 0 radical (unpaired) electrons. The van der Waals surface area contributed by atoms with E-state index in [2.05, 4.69) is 0 Å². The smallest absolute Gasteiger partial charge is 0.0315 e. The molecule has 0 aromatic heterocycles. The van der Waals surface area contributed by atoms with Crippen molar-refractivity contribution in [1.29, 1.82) is 0 Å². The Morgan fingerprint density at radius 3 is 0.619 bits per heavy atom. The van der Waals surface area contributed by atoms with Gasteiger partial charge in [-0.25, -0.2) is 0 Å². The molecule has 0 spiro atoms. The van der Waals surface area contributed by atoms with Crippen molar-refractivity contribution in [1.82, 2.24) is 0 Å². The topological polar surface area (TPSA) is 0 Å². The van der Waals surface area contributed by atoms with E-state index in [0.717, 1.165) is 0 Å².